The van der Waals surface area contributed by atoms with Gasteiger partial charge in [0.2, 0.25) is 0 Å². The van der Waals surface area contributed by atoms with E-state index in [1.54, 1.807) is 0 Å². The second-order valence-corrected chi connectivity index (χ2v) is 7.87. The van der Waals surface area contributed by atoms with Crippen molar-refractivity contribution < 1.29 is 0 Å². The number of halogens is 1. The van der Waals surface area contributed by atoms with E-state index in [0.717, 1.165) is 0 Å². The Morgan fingerprint density at radius 2 is 0.696 bits per heavy atom. The van der Waals surface area contributed by atoms with E-state index in [1.807, 2.05) is 0 Å². The van der Waals surface area contributed by atoms with Crippen molar-refractivity contribution in [1.29, 1.82) is 0 Å². The quantitative estimate of drug-likeness (QED) is 0.268. The molecule has 0 unspecified atom stereocenters. The van der Waals surface area contributed by atoms with Crippen LogP contribution >= 0.6 is 22.6 Å². The van der Waals surface area contributed by atoms with Gasteiger partial charge in [0.25, 0.3) is 0 Å². The molecule has 116 valence electrons. The van der Waals surface area contributed by atoms with Crippen molar-refractivity contribution in [3.63, 3.8) is 0 Å². The number of alkyl halides is 1. The van der Waals surface area contributed by atoms with E-state index in [-0.39, 0.29) is 3.42 Å². The summed E-state index contributed by atoms with van der Waals surface area (Å²) in [5.41, 5.74) is 7.82. The molecule has 23 heavy (non-hydrogen) atoms. The molecule has 3 aromatic carbocycles. The number of hydrogen-bond acceptors (Lipinski definition) is 0. The van der Waals surface area contributed by atoms with Crippen molar-refractivity contribution in [3.05, 3.63) is 106 Å². The van der Waals surface area contributed by atoms with Crippen molar-refractivity contribution in [1.82, 2.24) is 0 Å². The minimum atomic E-state index is -0.174. The first kappa shape index (κ1) is 16.3. The number of benzene rings is 3. The second kappa shape index (κ2) is 6.48. The highest BCUT2D eigenvalue weighted by molar-refractivity contribution is 14.1. The predicted octanol–water partition coefficient (Wildman–Crippen LogP) is 6.34. The molecule has 0 spiro atoms. The molecule has 0 aromatic heterocycles. The Morgan fingerprint density at radius 1 is 0.478 bits per heavy atom. The Labute approximate surface area is 152 Å². The lowest BCUT2D eigenvalue weighted by atomic mass is 9.84. The molecular weight excluding hydrogens is 391 g/mol. The highest BCUT2D eigenvalue weighted by Gasteiger charge is 2.33. The van der Waals surface area contributed by atoms with E-state index in [9.17, 15) is 0 Å². The van der Waals surface area contributed by atoms with Crippen LogP contribution < -0.4 is 0 Å². The van der Waals surface area contributed by atoms with E-state index in [0.29, 0.717) is 0 Å². The van der Waals surface area contributed by atoms with Crippen LogP contribution in [0.3, 0.4) is 0 Å². The van der Waals surface area contributed by atoms with Crippen LogP contribution in [0.5, 0.6) is 0 Å². The van der Waals surface area contributed by atoms with Crippen LogP contribution in [-0.2, 0) is 3.42 Å². The maximum absolute atomic E-state index is 2.61. The average molecular weight is 412 g/mol. The van der Waals surface area contributed by atoms with Gasteiger partial charge in [-0.05, 0) is 37.5 Å². The summed E-state index contributed by atoms with van der Waals surface area (Å²) in [6, 6.07) is 26.7. The number of rotatable bonds is 3. The molecule has 0 heterocycles. The SMILES string of the molecule is Cc1ccc(C(I)(c2ccc(C)cc2)c2ccc(C)cc2)cc1. The Kier molecular flexibility index (Phi) is 4.58. The van der Waals surface area contributed by atoms with Crippen molar-refractivity contribution in [2.45, 2.75) is 24.2 Å². The molecular formula is C22H21I. The summed E-state index contributed by atoms with van der Waals surface area (Å²) in [6.45, 7) is 6.41. The molecule has 0 fully saturated rings. The van der Waals surface area contributed by atoms with Crippen LogP contribution in [0.4, 0.5) is 0 Å². The molecule has 0 N–H and O–H groups in total. The first-order valence-corrected chi connectivity index (χ1v) is 8.98. The monoisotopic (exact) mass is 412 g/mol. The molecule has 0 amide bonds. The van der Waals surface area contributed by atoms with Crippen LogP contribution in [0.15, 0.2) is 72.8 Å². The maximum atomic E-state index is 2.61. The molecule has 0 saturated heterocycles. The summed E-state index contributed by atoms with van der Waals surface area (Å²) in [6.07, 6.45) is 0. The summed E-state index contributed by atoms with van der Waals surface area (Å²) in [5.74, 6) is 0. The normalized spacial score (nSPS) is 11.5. The van der Waals surface area contributed by atoms with Crippen LogP contribution in [0.1, 0.15) is 33.4 Å². The molecule has 0 bridgehead atoms. The summed E-state index contributed by atoms with van der Waals surface area (Å²) in [4.78, 5) is 0. The standard InChI is InChI=1S/C22H21I/c1-16-4-10-19(11-5-16)22(23,20-12-6-17(2)7-13-20)21-14-8-18(3)9-15-21/h4-15H,1-3H3. The number of aryl methyl sites for hydroxylation is 3. The van der Waals surface area contributed by atoms with Crippen molar-refractivity contribution >= 4 is 22.6 Å². The van der Waals surface area contributed by atoms with Gasteiger partial charge in [0.1, 0.15) is 0 Å². The van der Waals surface area contributed by atoms with Crippen molar-refractivity contribution in [3.8, 4) is 0 Å². The molecule has 3 aromatic rings. The lowest BCUT2D eigenvalue weighted by molar-refractivity contribution is 0.936. The van der Waals surface area contributed by atoms with Gasteiger partial charge in [0.15, 0.2) is 0 Å². The fourth-order valence-corrected chi connectivity index (χ4v) is 3.93. The maximum Gasteiger partial charge on any atom is 0.0968 e. The van der Waals surface area contributed by atoms with Gasteiger partial charge in [-0.2, -0.15) is 0 Å². The largest absolute Gasteiger partial charge is 0.0968 e. The zero-order valence-corrected chi connectivity index (χ0v) is 16.0. The van der Waals surface area contributed by atoms with E-state index >= 15 is 0 Å². The lowest BCUT2D eigenvalue weighted by Gasteiger charge is -2.30. The first-order valence-electron chi connectivity index (χ1n) is 7.90. The fraction of sp³-hybridized carbons (Fsp3) is 0.182. The van der Waals surface area contributed by atoms with Gasteiger partial charge < -0.3 is 0 Å². The summed E-state index contributed by atoms with van der Waals surface area (Å²) < 4.78 is -0.174. The molecule has 1 heteroatoms. The van der Waals surface area contributed by atoms with E-state index in [1.165, 1.54) is 33.4 Å². The minimum absolute atomic E-state index is 0.174. The Hall–Kier alpha value is -1.61. The summed E-state index contributed by atoms with van der Waals surface area (Å²) in [5, 5.41) is 0. The molecule has 0 radical (unpaired) electrons. The zero-order valence-electron chi connectivity index (χ0n) is 13.8. The van der Waals surface area contributed by atoms with Gasteiger partial charge in [-0.3, -0.25) is 0 Å². The molecule has 0 aliphatic rings. The minimum Gasteiger partial charge on any atom is -0.0631 e. The molecule has 3 rings (SSSR count). The van der Waals surface area contributed by atoms with Crippen molar-refractivity contribution in [2.75, 3.05) is 0 Å². The van der Waals surface area contributed by atoms with Gasteiger partial charge in [0, 0.05) is 0 Å². The van der Waals surface area contributed by atoms with Gasteiger partial charge in [-0.1, -0.05) is 112 Å². The summed E-state index contributed by atoms with van der Waals surface area (Å²) in [7, 11) is 0. The zero-order chi connectivity index (χ0) is 16.4. The highest BCUT2D eigenvalue weighted by atomic mass is 127. The van der Waals surface area contributed by atoms with Crippen LogP contribution in [-0.4, -0.2) is 0 Å². The van der Waals surface area contributed by atoms with Crippen LogP contribution in [0.2, 0.25) is 0 Å². The topological polar surface area (TPSA) is 0 Å². The van der Waals surface area contributed by atoms with Gasteiger partial charge >= 0.3 is 0 Å². The first-order chi connectivity index (χ1) is 11.0. The molecule has 0 saturated carbocycles. The Morgan fingerprint density at radius 3 is 0.913 bits per heavy atom. The Balaban J connectivity index is 2.21. The molecule has 0 aliphatic carbocycles. The smallest absolute Gasteiger partial charge is 0.0631 e. The van der Waals surface area contributed by atoms with E-state index in [4.69, 9.17) is 0 Å². The summed E-state index contributed by atoms with van der Waals surface area (Å²) >= 11 is 2.61. The van der Waals surface area contributed by atoms with Gasteiger partial charge in [-0.15, -0.1) is 0 Å². The third-order valence-electron chi connectivity index (χ3n) is 4.35. The third-order valence-corrected chi connectivity index (χ3v) is 6.22. The van der Waals surface area contributed by atoms with Crippen LogP contribution in [0, 0.1) is 20.8 Å². The van der Waals surface area contributed by atoms with Crippen LogP contribution in [0.25, 0.3) is 0 Å². The van der Waals surface area contributed by atoms with Gasteiger partial charge in [-0.25, -0.2) is 0 Å². The van der Waals surface area contributed by atoms with Gasteiger partial charge in [0.05, 0.1) is 3.42 Å². The van der Waals surface area contributed by atoms with Crippen molar-refractivity contribution in [2.24, 2.45) is 0 Å². The lowest BCUT2D eigenvalue weighted by Crippen LogP contribution is -2.21. The highest BCUT2D eigenvalue weighted by Crippen LogP contribution is 2.45. The molecule has 0 nitrogen and oxygen atoms in total. The predicted molar refractivity (Wildman–Crippen MR) is 107 cm³/mol. The third kappa shape index (κ3) is 3.20. The molecule has 0 aliphatic heterocycles. The average Bonchev–Trinajstić information content (AvgIpc) is 2.56. The second-order valence-electron chi connectivity index (χ2n) is 6.26. The fourth-order valence-electron chi connectivity index (χ4n) is 2.85. The Bertz CT molecular complexity index is 670. The van der Waals surface area contributed by atoms with E-state index in [2.05, 4.69) is 116 Å². The number of hydrogen-bond donors (Lipinski definition) is 0. The molecule has 0 atom stereocenters. The van der Waals surface area contributed by atoms with E-state index < -0.39 is 0 Å².